The fourth-order valence-corrected chi connectivity index (χ4v) is 1.82. The molecular weight excluding hydrogens is 293 g/mol. The molecule has 3 N–H and O–H groups in total. The summed E-state index contributed by atoms with van der Waals surface area (Å²) in [5, 5.41) is 42.6. The molecule has 2 aromatic rings. The standard InChI is InChI=1S/C12H10BN3O6/c17-13(18)8-2-1-3-9(6-8)14-11-5-4-10(15(19)20)7-12(11)16(21)22/h1-7,14,17-18H. The minimum absolute atomic E-state index is 0.0557. The fourth-order valence-electron chi connectivity index (χ4n) is 1.82. The van der Waals surface area contributed by atoms with Gasteiger partial charge in [0.15, 0.2) is 0 Å². The molecule has 9 nitrogen and oxygen atoms in total. The highest BCUT2D eigenvalue weighted by molar-refractivity contribution is 6.58. The van der Waals surface area contributed by atoms with Crippen molar-refractivity contribution in [1.29, 1.82) is 0 Å². The van der Waals surface area contributed by atoms with E-state index in [9.17, 15) is 20.2 Å². The van der Waals surface area contributed by atoms with Crippen LogP contribution in [0.15, 0.2) is 42.5 Å². The Labute approximate surface area is 124 Å². The quantitative estimate of drug-likeness (QED) is 0.424. The highest BCUT2D eigenvalue weighted by Crippen LogP contribution is 2.31. The van der Waals surface area contributed by atoms with Crippen molar-refractivity contribution in [3.05, 3.63) is 62.7 Å². The number of non-ortho nitro benzene ring substituents is 1. The van der Waals surface area contributed by atoms with Gasteiger partial charge in [0.05, 0.1) is 15.9 Å². The van der Waals surface area contributed by atoms with Crippen molar-refractivity contribution in [2.45, 2.75) is 0 Å². The Kier molecular flexibility index (Phi) is 4.35. The number of nitro groups is 2. The van der Waals surface area contributed by atoms with Crippen LogP contribution in [-0.2, 0) is 0 Å². The normalized spacial score (nSPS) is 10.1. The van der Waals surface area contributed by atoms with Crippen LogP contribution in [0.25, 0.3) is 0 Å². The predicted molar refractivity (Wildman–Crippen MR) is 79.3 cm³/mol. The summed E-state index contributed by atoms with van der Waals surface area (Å²) in [5.41, 5.74) is -0.210. The number of hydrogen-bond acceptors (Lipinski definition) is 7. The van der Waals surface area contributed by atoms with Gasteiger partial charge in [-0.2, -0.15) is 0 Å². The number of benzene rings is 2. The number of nitrogens with one attached hydrogen (secondary N) is 1. The summed E-state index contributed by atoms with van der Waals surface area (Å²) < 4.78 is 0. The van der Waals surface area contributed by atoms with Crippen molar-refractivity contribution in [3.63, 3.8) is 0 Å². The third-order valence-electron chi connectivity index (χ3n) is 2.85. The van der Waals surface area contributed by atoms with Crippen LogP contribution in [0.5, 0.6) is 0 Å². The average Bonchev–Trinajstić information content (AvgIpc) is 2.47. The molecule has 112 valence electrons. The second-order valence-corrected chi connectivity index (χ2v) is 4.34. The van der Waals surface area contributed by atoms with E-state index in [1.165, 1.54) is 24.3 Å². The van der Waals surface area contributed by atoms with Gasteiger partial charge >= 0.3 is 7.12 Å². The summed E-state index contributed by atoms with van der Waals surface area (Å²) >= 11 is 0. The maximum atomic E-state index is 11.0. The molecule has 0 fully saturated rings. The van der Waals surface area contributed by atoms with Crippen LogP contribution >= 0.6 is 0 Å². The Morgan fingerprint density at radius 1 is 1.00 bits per heavy atom. The molecule has 0 atom stereocenters. The van der Waals surface area contributed by atoms with Crippen molar-refractivity contribution < 1.29 is 19.9 Å². The first-order valence-electron chi connectivity index (χ1n) is 6.04. The Balaban J connectivity index is 2.39. The van der Waals surface area contributed by atoms with Crippen LogP contribution in [0.2, 0.25) is 0 Å². The Morgan fingerprint density at radius 2 is 1.73 bits per heavy atom. The maximum absolute atomic E-state index is 11.0. The third-order valence-corrected chi connectivity index (χ3v) is 2.85. The first-order chi connectivity index (χ1) is 10.4. The van der Waals surface area contributed by atoms with E-state index >= 15 is 0 Å². The van der Waals surface area contributed by atoms with Gasteiger partial charge < -0.3 is 15.4 Å². The lowest BCUT2D eigenvalue weighted by Crippen LogP contribution is -2.29. The second kappa shape index (κ2) is 6.20. The molecule has 0 radical (unpaired) electrons. The lowest BCUT2D eigenvalue weighted by Gasteiger charge is -2.08. The minimum Gasteiger partial charge on any atom is -0.423 e. The van der Waals surface area contributed by atoms with Crippen LogP contribution in [0.4, 0.5) is 22.7 Å². The summed E-state index contributed by atoms with van der Waals surface area (Å²) in [6, 6.07) is 9.19. The predicted octanol–water partition coefficient (Wildman–Crippen LogP) is 0.926. The zero-order valence-electron chi connectivity index (χ0n) is 11.0. The Bertz CT molecular complexity index is 737. The van der Waals surface area contributed by atoms with Gasteiger partial charge in [0.2, 0.25) is 0 Å². The van der Waals surface area contributed by atoms with Crippen LogP contribution in [0.1, 0.15) is 0 Å². The zero-order valence-corrected chi connectivity index (χ0v) is 11.0. The molecule has 22 heavy (non-hydrogen) atoms. The van der Waals surface area contributed by atoms with Gasteiger partial charge in [0, 0.05) is 11.8 Å². The van der Waals surface area contributed by atoms with E-state index < -0.39 is 28.3 Å². The molecule has 0 spiro atoms. The van der Waals surface area contributed by atoms with Gasteiger partial charge in [0.25, 0.3) is 11.4 Å². The van der Waals surface area contributed by atoms with E-state index in [-0.39, 0.29) is 11.2 Å². The molecule has 0 amide bonds. The van der Waals surface area contributed by atoms with Gasteiger partial charge in [-0.25, -0.2) is 0 Å². The highest BCUT2D eigenvalue weighted by Gasteiger charge is 2.20. The van der Waals surface area contributed by atoms with Gasteiger partial charge in [-0.15, -0.1) is 0 Å². The van der Waals surface area contributed by atoms with Crippen LogP contribution in [0.3, 0.4) is 0 Å². The number of hydrogen-bond donors (Lipinski definition) is 3. The third kappa shape index (κ3) is 3.37. The summed E-state index contributed by atoms with van der Waals surface area (Å²) in [6.45, 7) is 0. The van der Waals surface area contributed by atoms with Gasteiger partial charge in [-0.1, -0.05) is 12.1 Å². The Hall–Kier alpha value is -2.98. The van der Waals surface area contributed by atoms with Crippen LogP contribution in [-0.4, -0.2) is 27.0 Å². The lowest BCUT2D eigenvalue weighted by molar-refractivity contribution is -0.393. The van der Waals surface area contributed by atoms with E-state index in [4.69, 9.17) is 10.0 Å². The largest absolute Gasteiger partial charge is 0.488 e. The number of nitro benzene ring substituents is 2. The molecule has 0 unspecified atom stereocenters. The molecule has 0 aliphatic rings. The first kappa shape index (κ1) is 15.4. The van der Waals surface area contributed by atoms with Gasteiger partial charge in [-0.05, 0) is 23.7 Å². The van der Waals surface area contributed by atoms with Crippen molar-refractivity contribution in [2.24, 2.45) is 0 Å². The summed E-state index contributed by atoms with van der Waals surface area (Å²) in [6.07, 6.45) is 0. The molecule has 0 aliphatic carbocycles. The van der Waals surface area contributed by atoms with Crippen molar-refractivity contribution in [2.75, 3.05) is 5.32 Å². The molecule has 0 aromatic heterocycles. The molecule has 0 saturated heterocycles. The number of anilines is 2. The molecule has 0 bridgehead atoms. The van der Waals surface area contributed by atoms with E-state index in [1.54, 1.807) is 6.07 Å². The highest BCUT2D eigenvalue weighted by atomic mass is 16.6. The smallest absolute Gasteiger partial charge is 0.423 e. The van der Waals surface area contributed by atoms with Gasteiger partial charge in [-0.3, -0.25) is 20.2 Å². The summed E-state index contributed by atoms with van der Waals surface area (Å²) in [7, 11) is -1.67. The van der Waals surface area contributed by atoms with E-state index in [1.807, 2.05) is 0 Å². The van der Waals surface area contributed by atoms with Gasteiger partial charge in [0.1, 0.15) is 5.69 Å². The lowest BCUT2D eigenvalue weighted by atomic mass is 9.80. The monoisotopic (exact) mass is 303 g/mol. The molecule has 0 aliphatic heterocycles. The van der Waals surface area contributed by atoms with E-state index in [0.717, 1.165) is 12.1 Å². The van der Waals surface area contributed by atoms with Crippen molar-refractivity contribution >= 4 is 35.3 Å². The first-order valence-corrected chi connectivity index (χ1v) is 6.04. The van der Waals surface area contributed by atoms with E-state index in [0.29, 0.717) is 5.69 Å². The molecule has 0 heterocycles. The van der Waals surface area contributed by atoms with Crippen molar-refractivity contribution in [1.82, 2.24) is 0 Å². The average molecular weight is 303 g/mol. The number of rotatable bonds is 5. The second-order valence-electron chi connectivity index (χ2n) is 4.34. The minimum atomic E-state index is -1.67. The summed E-state index contributed by atoms with van der Waals surface area (Å²) in [5.74, 6) is 0. The molecule has 2 aromatic carbocycles. The Morgan fingerprint density at radius 3 is 2.32 bits per heavy atom. The zero-order chi connectivity index (χ0) is 16.3. The molecular formula is C12H10BN3O6. The topological polar surface area (TPSA) is 139 Å². The molecule has 2 rings (SSSR count). The number of nitrogens with zero attached hydrogens (tertiary/aromatic N) is 2. The van der Waals surface area contributed by atoms with E-state index in [2.05, 4.69) is 5.32 Å². The van der Waals surface area contributed by atoms with Crippen molar-refractivity contribution in [3.8, 4) is 0 Å². The van der Waals surface area contributed by atoms with Crippen LogP contribution in [0, 0.1) is 20.2 Å². The van der Waals surface area contributed by atoms with Crippen LogP contribution < -0.4 is 10.8 Å². The summed E-state index contributed by atoms with van der Waals surface area (Å²) in [4.78, 5) is 20.2. The molecule has 10 heteroatoms. The maximum Gasteiger partial charge on any atom is 0.488 e. The SMILES string of the molecule is O=[N+]([O-])c1ccc(Nc2cccc(B(O)O)c2)c([N+](=O)[O-])c1. The fraction of sp³-hybridized carbons (Fsp3) is 0. The molecule has 0 saturated carbocycles.